The zero-order chi connectivity index (χ0) is 71.8. The number of esters is 4. The Balaban J connectivity index is 5.41. The van der Waals surface area contributed by atoms with Crippen LogP contribution in [0.15, 0.2) is 122 Å². The number of rotatable bonds is 70. The predicted octanol–water partition coefficient (Wildman–Crippen LogP) is 21.6. The lowest BCUT2D eigenvalue weighted by molar-refractivity contribution is -0.161. The molecule has 0 rings (SSSR count). The highest BCUT2D eigenvalue weighted by Gasteiger charge is 2.30. The first-order chi connectivity index (χ1) is 47.7. The number of hydrogen-bond donors (Lipinski definition) is 3. The van der Waals surface area contributed by atoms with Gasteiger partial charge in [0.25, 0.3) is 0 Å². The molecule has 0 aliphatic carbocycles. The van der Waals surface area contributed by atoms with Crippen molar-refractivity contribution in [2.45, 2.75) is 316 Å². The Bertz CT molecular complexity index is 2340. The Morgan fingerprint density at radius 3 is 0.888 bits per heavy atom. The molecule has 17 nitrogen and oxygen atoms in total. The van der Waals surface area contributed by atoms with E-state index < -0.39 is 97.5 Å². The molecule has 0 saturated carbocycles. The van der Waals surface area contributed by atoms with E-state index in [2.05, 4.69) is 137 Å². The molecule has 0 heterocycles. The van der Waals surface area contributed by atoms with Gasteiger partial charge < -0.3 is 33.8 Å². The Labute approximate surface area is 593 Å². The largest absolute Gasteiger partial charge is 0.472 e. The second kappa shape index (κ2) is 70.9. The van der Waals surface area contributed by atoms with Gasteiger partial charge in [0.05, 0.1) is 26.4 Å². The smallest absolute Gasteiger partial charge is 0.462 e. The van der Waals surface area contributed by atoms with Crippen LogP contribution in [0, 0.1) is 0 Å². The van der Waals surface area contributed by atoms with Crippen LogP contribution in [-0.4, -0.2) is 96.7 Å². The number of phosphoric acid groups is 2. The van der Waals surface area contributed by atoms with Crippen molar-refractivity contribution < 1.29 is 80.2 Å². The monoisotopic (exact) mass is 1420 g/mol. The third kappa shape index (κ3) is 69.9. The van der Waals surface area contributed by atoms with E-state index in [1.807, 2.05) is 12.2 Å². The molecule has 19 heteroatoms. The summed E-state index contributed by atoms with van der Waals surface area (Å²) in [5.41, 5.74) is 0. The average molecular weight is 1420 g/mol. The van der Waals surface area contributed by atoms with Crippen LogP contribution in [-0.2, 0) is 65.4 Å². The van der Waals surface area contributed by atoms with Crippen molar-refractivity contribution in [3.05, 3.63) is 122 Å². The highest BCUT2D eigenvalue weighted by atomic mass is 31.2. The van der Waals surface area contributed by atoms with Gasteiger partial charge in [-0.25, -0.2) is 9.13 Å². The average Bonchev–Trinajstić information content (AvgIpc) is 0.986. The maximum atomic E-state index is 13.1. The first-order valence-corrected chi connectivity index (χ1v) is 40.8. The number of hydrogen-bond acceptors (Lipinski definition) is 15. The second-order valence-electron chi connectivity index (χ2n) is 24.8. The second-order valence-corrected chi connectivity index (χ2v) is 27.7. The molecule has 0 fully saturated rings. The predicted molar refractivity (Wildman–Crippen MR) is 399 cm³/mol. The van der Waals surface area contributed by atoms with Gasteiger partial charge in [-0.05, 0) is 128 Å². The molecule has 0 radical (unpaired) electrons. The number of aliphatic hydroxyl groups excluding tert-OH is 1. The molecule has 98 heavy (non-hydrogen) atoms. The number of aliphatic hydroxyl groups is 1. The molecule has 0 aromatic carbocycles. The summed E-state index contributed by atoms with van der Waals surface area (Å²) >= 11 is 0. The van der Waals surface area contributed by atoms with Gasteiger partial charge in [0, 0.05) is 25.7 Å². The van der Waals surface area contributed by atoms with Gasteiger partial charge in [-0.1, -0.05) is 265 Å². The standard InChI is InChI=1S/C79H134O17P2/c1-5-9-13-17-21-25-29-32-35-36-39-41-45-48-52-56-60-64-77(82)89-69-74(95-78(83)65-61-57-53-49-43-28-24-20-16-12-8-4)71-93-97(85,86)91-67-73(80)68-92-98(87,88)94-72-75(96-79(84)66-62-58-54-50-46-42-38-34-31-27-23-19-15-11-7-3)70-90-76(81)63-59-55-51-47-44-40-37-33-30-26-22-18-14-10-6-2/h9-10,13-14,21-22,25-26,32-35,37-39,41,44,47-48,52,73-75,80H,5-8,11-12,15-20,23-24,27-31,36,40,42-43,45-46,49-51,53-72H2,1-4H3,(H,85,86)(H,87,88)/b13-9-,14-10-,25-21-,26-22-,35-32-,37-33-,38-34-,41-39-,47-44-,52-48-. The molecule has 0 spiro atoms. The van der Waals surface area contributed by atoms with Gasteiger partial charge >= 0.3 is 39.5 Å². The number of unbranched alkanes of at least 4 members (excludes halogenated alkanes) is 24. The van der Waals surface area contributed by atoms with Crippen LogP contribution in [0.5, 0.6) is 0 Å². The van der Waals surface area contributed by atoms with E-state index >= 15 is 0 Å². The van der Waals surface area contributed by atoms with Crippen molar-refractivity contribution in [1.29, 1.82) is 0 Å². The Morgan fingerprint density at radius 2 is 0.541 bits per heavy atom. The summed E-state index contributed by atoms with van der Waals surface area (Å²) in [5, 5.41) is 10.6. The van der Waals surface area contributed by atoms with Crippen molar-refractivity contribution in [1.82, 2.24) is 0 Å². The number of ether oxygens (including phenoxy) is 4. The molecule has 0 aliphatic rings. The number of carbonyl (C=O) groups is 4. The molecule has 562 valence electrons. The third-order valence-electron chi connectivity index (χ3n) is 15.4. The summed E-state index contributed by atoms with van der Waals surface area (Å²) in [6, 6.07) is 0. The third-order valence-corrected chi connectivity index (χ3v) is 17.3. The summed E-state index contributed by atoms with van der Waals surface area (Å²) < 4.78 is 68.3. The SMILES string of the molecule is CC/C=C\C/C=C\C/C=C\C/C=C\C/C=C\CCCC(=O)OCC(COP(=O)(O)OCC(O)COP(=O)(O)OCC(COC(=O)CCCC/C=C\C/C=C\C/C=C\C/C=C\CC)OC(=O)CCCCCCC/C=C\CCCCCCCC)OC(=O)CCCCCCCCCCCCC. The molecular weight excluding hydrogens is 1280 g/mol. The molecule has 3 N–H and O–H groups in total. The molecule has 0 aliphatic heterocycles. The maximum absolute atomic E-state index is 13.1. The van der Waals surface area contributed by atoms with Gasteiger partial charge in [0.1, 0.15) is 19.3 Å². The van der Waals surface area contributed by atoms with Gasteiger partial charge in [-0.2, -0.15) is 0 Å². The van der Waals surface area contributed by atoms with Crippen LogP contribution in [0.25, 0.3) is 0 Å². The summed E-state index contributed by atoms with van der Waals surface area (Å²) in [6.07, 6.45) is 76.4. The quantitative estimate of drug-likeness (QED) is 0.0169. The van der Waals surface area contributed by atoms with Crippen LogP contribution in [0.3, 0.4) is 0 Å². The van der Waals surface area contributed by atoms with Crippen LogP contribution < -0.4 is 0 Å². The molecular formula is C79H134O17P2. The fourth-order valence-electron chi connectivity index (χ4n) is 9.71. The van der Waals surface area contributed by atoms with E-state index in [-0.39, 0.29) is 25.7 Å². The zero-order valence-corrected chi connectivity index (χ0v) is 63.0. The Kier molecular flexibility index (Phi) is 67.6. The van der Waals surface area contributed by atoms with Crippen molar-refractivity contribution in [2.24, 2.45) is 0 Å². The minimum Gasteiger partial charge on any atom is -0.462 e. The molecule has 0 aromatic heterocycles. The first-order valence-electron chi connectivity index (χ1n) is 37.8. The van der Waals surface area contributed by atoms with Gasteiger partial charge in [0.2, 0.25) is 0 Å². The van der Waals surface area contributed by atoms with Crippen LogP contribution >= 0.6 is 15.6 Å². The summed E-state index contributed by atoms with van der Waals surface area (Å²) in [7, 11) is -9.97. The summed E-state index contributed by atoms with van der Waals surface area (Å²) in [6.45, 7) is 4.51. The topological polar surface area (TPSA) is 237 Å². The highest BCUT2D eigenvalue weighted by molar-refractivity contribution is 7.47. The van der Waals surface area contributed by atoms with E-state index in [9.17, 15) is 43.2 Å². The lowest BCUT2D eigenvalue weighted by atomic mass is 10.1. The molecule has 0 aromatic rings. The van der Waals surface area contributed by atoms with Crippen LogP contribution in [0.2, 0.25) is 0 Å². The van der Waals surface area contributed by atoms with Crippen molar-refractivity contribution in [3.8, 4) is 0 Å². The lowest BCUT2D eigenvalue weighted by Crippen LogP contribution is -2.30. The summed E-state index contributed by atoms with van der Waals surface area (Å²) in [4.78, 5) is 72.7. The Morgan fingerprint density at radius 1 is 0.296 bits per heavy atom. The van der Waals surface area contributed by atoms with Crippen molar-refractivity contribution in [2.75, 3.05) is 39.6 Å². The molecule has 0 amide bonds. The fourth-order valence-corrected chi connectivity index (χ4v) is 11.3. The number of phosphoric ester groups is 2. The van der Waals surface area contributed by atoms with E-state index in [1.165, 1.54) is 77.0 Å². The highest BCUT2D eigenvalue weighted by Crippen LogP contribution is 2.45. The zero-order valence-electron chi connectivity index (χ0n) is 61.2. The van der Waals surface area contributed by atoms with E-state index in [4.69, 9.17) is 37.0 Å². The minimum absolute atomic E-state index is 0.0734. The molecule has 5 atom stereocenters. The van der Waals surface area contributed by atoms with Crippen LogP contribution in [0.4, 0.5) is 0 Å². The number of allylic oxidation sites excluding steroid dienone is 20. The normalized spacial score (nSPS) is 14.6. The Hall–Kier alpha value is -4.54. The molecule has 0 saturated heterocycles. The lowest BCUT2D eigenvalue weighted by Gasteiger charge is -2.21. The molecule has 0 bridgehead atoms. The fraction of sp³-hybridized carbons (Fsp3) is 0.696. The van der Waals surface area contributed by atoms with Gasteiger partial charge in [-0.3, -0.25) is 37.3 Å². The first kappa shape index (κ1) is 93.5. The molecule has 5 unspecified atom stereocenters. The van der Waals surface area contributed by atoms with Crippen molar-refractivity contribution in [3.63, 3.8) is 0 Å². The van der Waals surface area contributed by atoms with Crippen molar-refractivity contribution >= 4 is 39.5 Å². The van der Waals surface area contributed by atoms with Gasteiger partial charge in [-0.15, -0.1) is 0 Å². The maximum Gasteiger partial charge on any atom is 0.472 e. The minimum atomic E-state index is -4.99. The van der Waals surface area contributed by atoms with Crippen LogP contribution in [0.1, 0.15) is 297 Å². The van der Waals surface area contributed by atoms with E-state index in [0.717, 1.165) is 135 Å². The number of carbonyl (C=O) groups excluding carboxylic acids is 4. The van der Waals surface area contributed by atoms with E-state index in [0.29, 0.717) is 32.1 Å². The van der Waals surface area contributed by atoms with Gasteiger partial charge in [0.15, 0.2) is 12.2 Å². The summed E-state index contributed by atoms with van der Waals surface area (Å²) in [5.74, 6) is -2.30. The van der Waals surface area contributed by atoms with E-state index in [1.54, 1.807) is 0 Å².